The zero-order valence-corrected chi connectivity index (χ0v) is 12.3. The summed E-state index contributed by atoms with van der Waals surface area (Å²) in [4.78, 5) is 14.1. The minimum atomic E-state index is -0.243. The fourth-order valence-electron chi connectivity index (χ4n) is 2.40. The third kappa shape index (κ3) is 2.71. The molecule has 2 aliphatic rings. The molecule has 0 atom stereocenters. The van der Waals surface area contributed by atoms with E-state index in [2.05, 4.69) is 10.2 Å². The fourth-order valence-corrected chi connectivity index (χ4v) is 3.44. The van der Waals surface area contributed by atoms with Crippen LogP contribution in [0.2, 0.25) is 0 Å². The van der Waals surface area contributed by atoms with E-state index in [4.69, 9.17) is 12.2 Å². The van der Waals surface area contributed by atoms with Crippen molar-refractivity contribution in [2.75, 3.05) is 18.0 Å². The van der Waals surface area contributed by atoms with Crippen LogP contribution in [0.25, 0.3) is 6.08 Å². The van der Waals surface area contributed by atoms with Gasteiger partial charge in [-0.1, -0.05) is 30.0 Å². The summed E-state index contributed by atoms with van der Waals surface area (Å²) in [5.41, 5.74) is 1.32. The van der Waals surface area contributed by atoms with Crippen molar-refractivity contribution in [1.29, 1.82) is 0 Å². The number of amides is 1. The van der Waals surface area contributed by atoms with Crippen molar-refractivity contribution in [2.24, 2.45) is 0 Å². The predicted octanol–water partition coefficient (Wildman–Crippen LogP) is 2.91. The number of carbonyl (C=O) groups is 1. The summed E-state index contributed by atoms with van der Waals surface area (Å²) in [5, 5.41) is 2.54. The molecule has 3 rings (SSSR count). The minimum absolute atomic E-state index is 0.218. The van der Waals surface area contributed by atoms with E-state index < -0.39 is 0 Å². The first kappa shape index (κ1) is 13.6. The summed E-state index contributed by atoms with van der Waals surface area (Å²) in [7, 11) is 0. The smallest absolute Gasteiger partial charge is 0.263 e. The predicted molar refractivity (Wildman–Crippen MR) is 84.2 cm³/mol. The van der Waals surface area contributed by atoms with Gasteiger partial charge < -0.3 is 10.2 Å². The Morgan fingerprint density at radius 3 is 2.70 bits per heavy atom. The maximum Gasteiger partial charge on any atom is 0.263 e. The Labute approximate surface area is 126 Å². The van der Waals surface area contributed by atoms with Gasteiger partial charge in [-0.25, -0.2) is 4.39 Å². The van der Waals surface area contributed by atoms with Crippen LogP contribution in [0.5, 0.6) is 0 Å². The number of nitrogens with one attached hydrogen (secondary N) is 1. The molecule has 2 saturated heterocycles. The first-order valence-corrected chi connectivity index (χ1v) is 7.65. The molecular formula is C14H13FN2OS2. The van der Waals surface area contributed by atoms with Gasteiger partial charge in [0, 0.05) is 13.1 Å². The van der Waals surface area contributed by atoms with Crippen LogP contribution in [-0.2, 0) is 4.79 Å². The van der Waals surface area contributed by atoms with Gasteiger partial charge in [-0.2, -0.15) is 0 Å². The van der Waals surface area contributed by atoms with Gasteiger partial charge in [-0.05, 0) is 36.6 Å². The zero-order valence-electron chi connectivity index (χ0n) is 10.7. The van der Waals surface area contributed by atoms with Gasteiger partial charge in [-0.3, -0.25) is 4.79 Å². The highest BCUT2D eigenvalue weighted by molar-refractivity contribution is 8.26. The Morgan fingerprint density at radius 2 is 2.10 bits per heavy atom. The van der Waals surface area contributed by atoms with Gasteiger partial charge in [0.1, 0.15) is 10.1 Å². The first-order valence-electron chi connectivity index (χ1n) is 6.43. The zero-order chi connectivity index (χ0) is 14.1. The third-order valence-electron chi connectivity index (χ3n) is 3.36. The summed E-state index contributed by atoms with van der Waals surface area (Å²) in [6.07, 6.45) is 3.88. The van der Waals surface area contributed by atoms with E-state index in [9.17, 15) is 9.18 Å². The van der Waals surface area contributed by atoms with Gasteiger partial charge in [0.15, 0.2) is 0 Å². The molecule has 2 fully saturated rings. The number of rotatable bonds is 2. The number of halogens is 1. The molecule has 1 aromatic rings. The van der Waals surface area contributed by atoms with Crippen molar-refractivity contribution in [2.45, 2.75) is 12.8 Å². The number of benzene rings is 1. The molecule has 3 nitrogen and oxygen atoms in total. The summed E-state index contributed by atoms with van der Waals surface area (Å²) in [6.45, 7) is 1.81. The molecule has 2 heterocycles. The van der Waals surface area contributed by atoms with Gasteiger partial charge in [-0.15, -0.1) is 0 Å². The number of carbonyl (C=O) groups excluding carboxylic acids is 1. The standard InChI is InChI=1S/C14H13FN2OS2/c15-10-7-9(8-12-13(18)16-14(19)20-12)3-4-11(10)17-5-1-2-6-17/h3-4,7-8H,1-2,5-6H2,(H,16,18,19)/b12-8-. The second-order valence-corrected chi connectivity index (χ2v) is 6.48. The van der Waals surface area contributed by atoms with Crippen molar-refractivity contribution in [3.63, 3.8) is 0 Å². The van der Waals surface area contributed by atoms with E-state index in [0.29, 0.717) is 20.5 Å². The number of anilines is 1. The van der Waals surface area contributed by atoms with Crippen LogP contribution < -0.4 is 10.2 Å². The molecule has 1 N–H and O–H groups in total. The van der Waals surface area contributed by atoms with E-state index in [1.807, 2.05) is 6.07 Å². The number of nitrogens with zero attached hydrogens (tertiary/aromatic N) is 1. The fraction of sp³-hybridized carbons (Fsp3) is 0.286. The first-order chi connectivity index (χ1) is 9.63. The van der Waals surface area contributed by atoms with Crippen LogP contribution in [0.4, 0.5) is 10.1 Å². The Kier molecular flexibility index (Phi) is 3.76. The van der Waals surface area contributed by atoms with Gasteiger partial charge in [0.05, 0.1) is 10.6 Å². The minimum Gasteiger partial charge on any atom is -0.369 e. The molecular weight excluding hydrogens is 295 g/mol. The maximum atomic E-state index is 14.1. The Balaban J connectivity index is 1.85. The van der Waals surface area contributed by atoms with Crippen molar-refractivity contribution in [3.05, 3.63) is 34.5 Å². The molecule has 20 heavy (non-hydrogen) atoms. The van der Waals surface area contributed by atoms with E-state index in [-0.39, 0.29) is 11.7 Å². The third-order valence-corrected chi connectivity index (χ3v) is 4.52. The Bertz CT molecular complexity index is 609. The largest absolute Gasteiger partial charge is 0.369 e. The highest BCUT2D eigenvalue weighted by Gasteiger charge is 2.22. The van der Waals surface area contributed by atoms with Crippen molar-refractivity contribution in [3.8, 4) is 0 Å². The van der Waals surface area contributed by atoms with Crippen molar-refractivity contribution < 1.29 is 9.18 Å². The van der Waals surface area contributed by atoms with E-state index in [1.165, 1.54) is 17.8 Å². The Hall–Kier alpha value is -1.40. The van der Waals surface area contributed by atoms with Crippen LogP contribution in [-0.4, -0.2) is 23.3 Å². The molecule has 1 amide bonds. The summed E-state index contributed by atoms with van der Waals surface area (Å²) in [6, 6.07) is 5.08. The SMILES string of the molecule is O=C1NC(=S)S/C1=C\c1ccc(N2CCCC2)c(F)c1. The van der Waals surface area contributed by atoms with Crippen LogP contribution >= 0.6 is 24.0 Å². The molecule has 0 radical (unpaired) electrons. The lowest BCUT2D eigenvalue weighted by Gasteiger charge is -2.18. The Morgan fingerprint density at radius 1 is 1.35 bits per heavy atom. The topological polar surface area (TPSA) is 32.3 Å². The summed E-state index contributed by atoms with van der Waals surface area (Å²) in [5.74, 6) is -0.462. The summed E-state index contributed by atoms with van der Waals surface area (Å²) >= 11 is 6.12. The lowest BCUT2D eigenvalue weighted by atomic mass is 10.1. The molecule has 0 saturated carbocycles. The average molecular weight is 308 g/mol. The van der Waals surface area contributed by atoms with Crippen LogP contribution in [0.3, 0.4) is 0 Å². The highest BCUT2D eigenvalue weighted by atomic mass is 32.2. The molecule has 0 aromatic heterocycles. The molecule has 104 valence electrons. The van der Waals surface area contributed by atoms with E-state index in [0.717, 1.165) is 25.9 Å². The molecule has 0 spiro atoms. The quantitative estimate of drug-likeness (QED) is 0.672. The summed E-state index contributed by atoms with van der Waals surface area (Å²) < 4.78 is 14.6. The van der Waals surface area contributed by atoms with E-state index >= 15 is 0 Å². The molecule has 1 aromatic carbocycles. The average Bonchev–Trinajstić information content (AvgIpc) is 3.00. The number of hydrogen-bond donors (Lipinski definition) is 1. The van der Waals surface area contributed by atoms with Crippen LogP contribution in [0.15, 0.2) is 23.1 Å². The van der Waals surface area contributed by atoms with Gasteiger partial charge >= 0.3 is 0 Å². The monoisotopic (exact) mass is 308 g/mol. The normalized spacial score (nSPS) is 20.9. The van der Waals surface area contributed by atoms with Crippen LogP contribution in [0.1, 0.15) is 18.4 Å². The van der Waals surface area contributed by atoms with E-state index in [1.54, 1.807) is 12.1 Å². The number of thiocarbonyl (C=S) groups is 1. The van der Waals surface area contributed by atoms with Crippen LogP contribution in [0, 0.1) is 5.82 Å². The van der Waals surface area contributed by atoms with Crippen molar-refractivity contribution >= 4 is 46.0 Å². The molecule has 6 heteroatoms. The molecule has 2 aliphatic heterocycles. The molecule has 0 aliphatic carbocycles. The second-order valence-electron chi connectivity index (χ2n) is 4.76. The highest BCUT2D eigenvalue weighted by Crippen LogP contribution is 2.28. The number of thioether (sulfide) groups is 1. The maximum absolute atomic E-state index is 14.1. The second kappa shape index (κ2) is 5.54. The van der Waals surface area contributed by atoms with Gasteiger partial charge in [0.25, 0.3) is 5.91 Å². The lowest BCUT2D eigenvalue weighted by molar-refractivity contribution is -0.115. The molecule has 0 unspecified atom stereocenters. The molecule has 0 bridgehead atoms. The lowest BCUT2D eigenvalue weighted by Crippen LogP contribution is -2.19. The van der Waals surface area contributed by atoms with Crippen molar-refractivity contribution in [1.82, 2.24) is 5.32 Å². The number of hydrogen-bond acceptors (Lipinski definition) is 4. The van der Waals surface area contributed by atoms with Gasteiger partial charge in [0.2, 0.25) is 0 Å².